The smallest absolute Gasteiger partial charge is 0.122 e. The van der Waals surface area contributed by atoms with E-state index < -0.39 is 0 Å². The van der Waals surface area contributed by atoms with Crippen LogP contribution in [0.3, 0.4) is 0 Å². The van der Waals surface area contributed by atoms with E-state index in [0.717, 1.165) is 19.3 Å². The van der Waals surface area contributed by atoms with Crippen LogP contribution >= 0.6 is 0 Å². The first-order valence-electron chi connectivity index (χ1n) is 9.39. The molecule has 156 valence electrons. The van der Waals surface area contributed by atoms with Gasteiger partial charge in [-0.2, -0.15) is 0 Å². The SMILES string of the molecule is CCCOCCOCCOCCOCCOCCOCCOCCC=O. The van der Waals surface area contributed by atoms with Crippen molar-refractivity contribution in [3.63, 3.8) is 0 Å². The molecule has 8 heteroatoms. The zero-order chi connectivity index (χ0) is 19.0. The molecule has 0 saturated carbocycles. The van der Waals surface area contributed by atoms with E-state index >= 15 is 0 Å². The lowest BCUT2D eigenvalue weighted by Gasteiger charge is -2.08. The predicted molar refractivity (Wildman–Crippen MR) is 96.7 cm³/mol. The van der Waals surface area contributed by atoms with Gasteiger partial charge in [0.05, 0.1) is 85.9 Å². The topological polar surface area (TPSA) is 81.7 Å². The van der Waals surface area contributed by atoms with Gasteiger partial charge in [0.25, 0.3) is 0 Å². The molecule has 8 nitrogen and oxygen atoms in total. The number of hydrogen-bond donors (Lipinski definition) is 0. The van der Waals surface area contributed by atoms with Crippen molar-refractivity contribution in [3.8, 4) is 0 Å². The van der Waals surface area contributed by atoms with E-state index in [2.05, 4.69) is 6.92 Å². The van der Waals surface area contributed by atoms with Gasteiger partial charge in [-0.05, 0) is 6.42 Å². The molecule has 0 rings (SSSR count). The quantitative estimate of drug-likeness (QED) is 0.193. The van der Waals surface area contributed by atoms with Crippen molar-refractivity contribution >= 4 is 6.29 Å². The van der Waals surface area contributed by atoms with Crippen LogP contribution < -0.4 is 0 Å². The Labute approximate surface area is 157 Å². The number of carbonyl (C=O) groups is 1. The number of aldehydes is 1. The Hall–Kier alpha value is -0.610. The van der Waals surface area contributed by atoms with Crippen molar-refractivity contribution in [2.75, 3.05) is 92.5 Å². The zero-order valence-electron chi connectivity index (χ0n) is 16.2. The molecule has 0 spiro atoms. The molecule has 0 saturated heterocycles. The molecule has 0 aliphatic carbocycles. The molecular formula is C18H36O8. The molecule has 0 fully saturated rings. The van der Waals surface area contributed by atoms with Crippen molar-refractivity contribution in [2.24, 2.45) is 0 Å². The summed E-state index contributed by atoms with van der Waals surface area (Å²) in [6.45, 7) is 9.87. The van der Waals surface area contributed by atoms with Gasteiger partial charge in [-0.3, -0.25) is 0 Å². The highest BCUT2D eigenvalue weighted by atomic mass is 16.6. The molecule has 0 bridgehead atoms. The fourth-order valence-electron chi connectivity index (χ4n) is 1.70. The third-order valence-corrected chi connectivity index (χ3v) is 2.96. The highest BCUT2D eigenvalue weighted by Crippen LogP contribution is 1.86. The second-order valence-corrected chi connectivity index (χ2v) is 5.24. The van der Waals surface area contributed by atoms with Gasteiger partial charge in [0, 0.05) is 13.0 Å². The van der Waals surface area contributed by atoms with E-state index in [9.17, 15) is 4.79 Å². The molecule has 26 heavy (non-hydrogen) atoms. The van der Waals surface area contributed by atoms with Crippen LogP contribution in [0.2, 0.25) is 0 Å². The monoisotopic (exact) mass is 380 g/mol. The first-order valence-corrected chi connectivity index (χ1v) is 9.39. The Kier molecular flexibility index (Phi) is 23.8. The first-order chi connectivity index (χ1) is 12.9. The number of carbonyl (C=O) groups excluding carboxylic acids is 1. The Morgan fingerprint density at radius 1 is 0.462 bits per heavy atom. The second kappa shape index (κ2) is 24.4. The average Bonchev–Trinajstić information content (AvgIpc) is 2.66. The number of hydrogen-bond acceptors (Lipinski definition) is 8. The van der Waals surface area contributed by atoms with Gasteiger partial charge in [0.1, 0.15) is 6.29 Å². The second-order valence-electron chi connectivity index (χ2n) is 5.24. The molecule has 0 N–H and O–H groups in total. The van der Waals surface area contributed by atoms with Crippen molar-refractivity contribution in [1.29, 1.82) is 0 Å². The van der Waals surface area contributed by atoms with Gasteiger partial charge in [0.2, 0.25) is 0 Å². The summed E-state index contributed by atoms with van der Waals surface area (Å²) < 4.78 is 37.3. The summed E-state index contributed by atoms with van der Waals surface area (Å²) in [7, 11) is 0. The van der Waals surface area contributed by atoms with Crippen molar-refractivity contribution in [3.05, 3.63) is 0 Å². The predicted octanol–water partition coefficient (Wildman–Crippen LogP) is 1.10. The van der Waals surface area contributed by atoms with Gasteiger partial charge in [-0.15, -0.1) is 0 Å². The third kappa shape index (κ3) is 23.4. The van der Waals surface area contributed by atoms with Gasteiger partial charge in [-0.25, -0.2) is 0 Å². The molecule has 0 heterocycles. The third-order valence-electron chi connectivity index (χ3n) is 2.96. The molecule has 0 unspecified atom stereocenters. The molecule has 0 atom stereocenters. The van der Waals surface area contributed by atoms with E-state index in [1.165, 1.54) is 0 Å². The summed E-state index contributed by atoms with van der Waals surface area (Å²) in [5.41, 5.74) is 0. The zero-order valence-corrected chi connectivity index (χ0v) is 16.2. The Morgan fingerprint density at radius 2 is 0.731 bits per heavy atom. The van der Waals surface area contributed by atoms with Crippen molar-refractivity contribution in [1.82, 2.24) is 0 Å². The summed E-state index contributed by atoms with van der Waals surface area (Å²) in [5.74, 6) is 0. The normalized spacial score (nSPS) is 11.1. The summed E-state index contributed by atoms with van der Waals surface area (Å²) in [4.78, 5) is 10.1. The highest BCUT2D eigenvalue weighted by Gasteiger charge is 1.94. The Morgan fingerprint density at radius 3 is 1.00 bits per heavy atom. The fraction of sp³-hybridized carbons (Fsp3) is 0.944. The lowest BCUT2D eigenvalue weighted by atomic mass is 10.5. The van der Waals surface area contributed by atoms with Crippen LogP contribution in [0.5, 0.6) is 0 Å². The number of ether oxygens (including phenoxy) is 7. The fourth-order valence-corrected chi connectivity index (χ4v) is 1.70. The molecule has 0 amide bonds. The maximum absolute atomic E-state index is 10.1. The lowest BCUT2D eigenvalue weighted by molar-refractivity contribution is -0.108. The molecule has 0 aromatic rings. The first kappa shape index (κ1) is 25.4. The van der Waals surface area contributed by atoms with E-state index in [1.807, 2.05) is 0 Å². The standard InChI is InChI=1S/C18H36O8/c1-2-5-20-7-9-22-11-13-24-15-17-26-18-16-25-14-12-23-10-8-21-6-3-4-19/h4H,2-3,5-18H2,1H3. The van der Waals surface area contributed by atoms with Crippen LogP contribution in [0, 0.1) is 0 Å². The van der Waals surface area contributed by atoms with Crippen molar-refractivity contribution < 1.29 is 38.0 Å². The van der Waals surface area contributed by atoms with Crippen LogP contribution in [0.4, 0.5) is 0 Å². The lowest BCUT2D eigenvalue weighted by Crippen LogP contribution is -2.14. The van der Waals surface area contributed by atoms with Crippen LogP contribution in [-0.2, 0) is 38.0 Å². The van der Waals surface area contributed by atoms with Crippen LogP contribution in [-0.4, -0.2) is 98.8 Å². The van der Waals surface area contributed by atoms with E-state index in [4.69, 9.17) is 33.2 Å². The van der Waals surface area contributed by atoms with Crippen LogP contribution in [0.15, 0.2) is 0 Å². The minimum atomic E-state index is 0.427. The van der Waals surface area contributed by atoms with Crippen molar-refractivity contribution in [2.45, 2.75) is 19.8 Å². The summed E-state index contributed by atoms with van der Waals surface area (Å²) >= 11 is 0. The van der Waals surface area contributed by atoms with Gasteiger partial charge in [-0.1, -0.05) is 6.92 Å². The summed E-state index contributed by atoms with van der Waals surface area (Å²) in [6.07, 6.45) is 2.29. The van der Waals surface area contributed by atoms with Crippen LogP contribution in [0.25, 0.3) is 0 Å². The Bertz CT molecular complexity index is 266. The molecule has 0 aliphatic rings. The maximum atomic E-state index is 10.1. The van der Waals surface area contributed by atoms with E-state index in [0.29, 0.717) is 92.3 Å². The van der Waals surface area contributed by atoms with E-state index in [-0.39, 0.29) is 0 Å². The molecule has 0 aromatic heterocycles. The largest absolute Gasteiger partial charge is 0.379 e. The summed E-state index contributed by atoms with van der Waals surface area (Å²) in [5, 5.41) is 0. The minimum Gasteiger partial charge on any atom is -0.379 e. The van der Waals surface area contributed by atoms with Gasteiger partial charge in [0.15, 0.2) is 0 Å². The summed E-state index contributed by atoms with van der Waals surface area (Å²) in [6, 6.07) is 0. The molecular weight excluding hydrogens is 344 g/mol. The Balaban J connectivity index is 2.96. The van der Waals surface area contributed by atoms with E-state index in [1.54, 1.807) is 0 Å². The minimum absolute atomic E-state index is 0.427. The average molecular weight is 380 g/mol. The van der Waals surface area contributed by atoms with Gasteiger partial charge < -0.3 is 38.0 Å². The molecule has 0 aromatic carbocycles. The highest BCUT2D eigenvalue weighted by molar-refractivity contribution is 5.49. The number of rotatable bonds is 23. The van der Waals surface area contributed by atoms with Crippen LogP contribution in [0.1, 0.15) is 19.8 Å². The van der Waals surface area contributed by atoms with Gasteiger partial charge >= 0.3 is 0 Å². The maximum Gasteiger partial charge on any atom is 0.122 e. The molecule has 0 radical (unpaired) electrons. The molecule has 0 aliphatic heterocycles.